The van der Waals surface area contributed by atoms with E-state index in [0.717, 1.165) is 35.7 Å². The van der Waals surface area contributed by atoms with Gasteiger partial charge in [-0.1, -0.05) is 50.1 Å². The minimum absolute atomic E-state index is 0.527. The third-order valence-corrected chi connectivity index (χ3v) is 4.15. The van der Waals surface area contributed by atoms with Crippen molar-refractivity contribution in [3.05, 3.63) is 66.2 Å². The summed E-state index contributed by atoms with van der Waals surface area (Å²) in [6.45, 7) is 3.08. The molecule has 2 aromatic carbocycles. The molecule has 136 valence electrons. The summed E-state index contributed by atoms with van der Waals surface area (Å²) in [5.41, 5.74) is 3.37. The van der Waals surface area contributed by atoms with E-state index in [4.69, 9.17) is 5.26 Å². The van der Waals surface area contributed by atoms with E-state index in [2.05, 4.69) is 33.6 Å². The van der Waals surface area contributed by atoms with Crippen LogP contribution in [0.5, 0.6) is 0 Å². The Balaban J connectivity index is 1.85. The fourth-order valence-electron chi connectivity index (χ4n) is 2.70. The molecule has 0 aliphatic heterocycles. The van der Waals surface area contributed by atoms with E-state index in [1.807, 2.05) is 48.5 Å². The van der Waals surface area contributed by atoms with Crippen molar-refractivity contribution in [2.24, 2.45) is 0 Å². The van der Waals surface area contributed by atoms with Crippen LogP contribution in [-0.2, 0) is 0 Å². The summed E-state index contributed by atoms with van der Waals surface area (Å²) in [7, 11) is 0. The number of hydrogen-bond acceptors (Lipinski definition) is 5. The number of unbranched alkanes of at least 4 members (excludes halogenated alkanes) is 2. The van der Waals surface area contributed by atoms with Gasteiger partial charge in [-0.15, -0.1) is 0 Å². The standard InChI is InChI=1S/C22H23N5/c1-2-3-7-14-24-21-15-20(18-8-5-4-6-9-18)26-22(27-21)25-19-12-10-17(16-23)11-13-19/h4-6,8-13,15H,2-3,7,14H2,1H3,(H2,24,25,26,27). The Labute approximate surface area is 160 Å². The van der Waals surface area contributed by atoms with Crippen LogP contribution < -0.4 is 10.6 Å². The maximum atomic E-state index is 8.93. The van der Waals surface area contributed by atoms with E-state index in [-0.39, 0.29) is 0 Å². The molecule has 0 fully saturated rings. The molecule has 1 heterocycles. The van der Waals surface area contributed by atoms with Gasteiger partial charge in [0, 0.05) is 23.9 Å². The number of nitrogens with zero attached hydrogens (tertiary/aromatic N) is 3. The Morgan fingerprint density at radius 3 is 2.44 bits per heavy atom. The fraction of sp³-hybridized carbons (Fsp3) is 0.227. The monoisotopic (exact) mass is 357 g/mol. The molecule has 2 N–H and O–H groups in total. The number of rotatable bonds is 8. The number of anilines is 3. The Kier molecular flexibility index (Phi) is 6.37. The van der Waals surface area contributed by atoms with Gasteiger partial charge in [0.15, 0.2) is 0 Å². The van der Waals surface area contributed by atoms with Crippen molar-refractivity contribution < 1.29 is 0 Å². The summed E-state index contributed by atoms with van der Waals surface area (Å²) in [4.78, 5) is 9.25. The second-order valence-corrected chi connectivity index (χ2v) is 6.28. The molecule has 3 rings (SSSR count). The summed E-state index contributed by atoms with van der Waals surface area (Å²) < 4.78 is 0. The average Bonchev–Trinajstić information content (AvgIpc) is 2.72. The summed E-state index contributed by atoms with van der Waals surface area (Å²) >= 11 is 0. The van der Waals surface area contributed by atoms with E-state index in [1.165, 1.54) is 12.8 Å². The van der Waals surface area contributed by atoms with E-state index in [1.54, 1.807) is 12.1 Å². The highest BCUT2D eigenvalue weighted by Crippen LogP contribution is 2.23. The maximum Gasteiger partial charge on any atom is 0.229 e. The van der Waals surface area contributed by atoms with Crippen molar-refractivity contribution in [3.8, 4) is 17.3 Å². The molecule has 0 unspecified atom stereocenters. The summed E-state index contributed by atoms with van der Waals surface area (Å²) in [5, 5.41) is 15.6. The minimum Gasteiger partial charge on any atom is -0.370 e. The van der Waals surface area contributed by atoms with Crippen molar-refractivity contribution in [2.45, 2.75) is 26.2 Å². The first kappa shape index (κ1) is 18.4. The van der Waals surface area contributed by atoms with E-state index >= 15 is 0 Å². The molecular weight excluding hydrogens is 334 g/mol. The smallest absolute Gasteiger partial charge is 0.229 e. The molecule has 27 heavy (non-hydrogen) atoms. The Hall–Kier alpha value is -3.39. The van der Waals surface area contributed by atoms with Gasteiger partial charge in [-0.2, -0.15) is 10.2 Å². The SMILES string of the molecule is CCCCCNc1cc(-c2ccccc2)nc(Nc2ccc(C#N)cc2)n1. The highest BCUT2D eigenvalue weighted by molar-refractivity contribution is 5.66. The van der Waals surface area contributed by atoms with Crippen LogP contribution >= 0.6 is 0 Å². The van der Waals surface area contributed by atoms with Gasteiger partial charge in [-0.05, 0) is 30.7 Å². The highest BCUT2D eigenvalue weighted by atomic mass is 15.1. The Bertz CT molecular complexity index is 898. The zero-order chi connectivity index (χ0) is 18.9. The molecular formula is C22H23N5. The molecule has 0 aliphatic carbocycles. The van der Waals surface area contributed by atoms with Crippen molar-refractivity contribution in [3.63, 3.8) is 0 Å². The number of aromatic nitrogens is 2. The molecule has 3 aromatic rings. The first-order valence-electron chi connectivity index (χ1n) is 9.24. The lowest BCUT2D eigenvalue weighted by Crippen LogP contribution is -2.06. The van der Waals surface area contributed by atoms with E-state index < -0.39 is 0 Å². The second kappa shape index (κ2) is 9.35. The lowest BCUT2D eigenvalue weighted by molar-refractivity contribution is 0.742. The van der Waals surface area contributed by atoms with Crippen LogP contribution in [0.1, 0.15) is 31.7 Å². The topological polar surface area (TPSA) is 73.6 Å². The van der Waals surface area contributed by atoms with Crippen LogP contribution in [0.15, 0.2) is 60.7 Å². The van der Waals surface area contributed by atoms with Gasteiger partial charge in [0.2, 0.25) is 5.95 Å². The molecule has 0 saturated heterocycles. The molecule has 0 spiro atoms. The highest BCUT2D eigenvalue weighted by Gasteiger charge is 2.07. The van der Waals surface area contributed by atoms with Crippen molar-refractivity contribution in [1.82, 2.24) is 9.97 Å². The molecule has 5 heteroatoms. The third kappa shape index (κ3) is 5.29. The number of nitriles is 1. The molecule has 0 amide bonds. The normalized spacial score (nSPS) is 10.2. The van der Waals surface area contributed by atoms with E-state index in [9.17, 15) is 0 Å². The Morgan fingerprint density at radius 1 is 0.963 bits per heavy atom. The van der Waals surface area contributed by atoms with Gasteiger partial charge in [0.1, 0.15) is 5.82 Å². The summed E-state index contributed by atoms with van der Waals surface area (Å²) in [6.07, 6.45) is 3.49. The van der Waals surface area contributed by atoms with Crippen LogP contribution in [0, 0.1) is 11.3 Å². The quantitative estimate of drug-likeness (QED) is 0.531. The predicted octanol–water partition coefficient (Wildman–Crippen LogP) is 5.36. The number of benzene rings is 2. The first-order chi connectivity index (χ1) is 13.3. The van der Waals surface area contributed by atoms with Gasteiger partial charge >= 0.3 is 0 Å². The Morgan fingerprint density at radius 2 is 1.74 bits per heavy atom. The minimum atomic E-state index is 0.527. The molecule has 0 atom stereocenters. The first-order valence-corrected chi connectivity index (χ1v) is 9.24. The van der Waals surface area contributed by atoms with E-state index in [0.29, 0.717) is 11.5 Å². The largest absolute Gasteiger partial charge is 0.370 e. The summed E-state index contributed by atoms with van der Waals surface area (Å²) in [5.74, 6) is 1.33. The molecule has 5 nitrogen and oxygen atoms in total. The number of hydrogen-bond donors (Lipinski definition) is 2. The fourth-order valence-corrected chi connectivity index (χ4v) is 2.70. The van der Waals surface area contributed by atoms with Crippen LogP contribution in [0.2, 0.25) is 0 Å². The van der Waals surface area contributed by atoms with Crippen molar-refractivity contribution in [2.75, 3.05) is 17.2 Å². The zero-order valence-corrected chi connectivity index (χ0v) is 15.4. The summed E-state index contributed by atoms with van der Waals surface area (Å²) in [6, 6.07) is 21.4. The number of nitrogens with one attached hydrogen (secondary N) is 2. The predicted molar refractivity (Wildman–Crippen MR) is 110 cm³/mol. The van der Waals surface area contributed by atoms with Gasteiger partial charge in [-0.25, -0.2) is 4.98 Å². The molecule has 0 saturated carbocycles. The maximum absolute atomic E-state index is 8.93. The zero-order valence-electron chi connectivity index (χ0n) is 15.4. The second-order valence-electron chi connectivity index (χ2n) is 6.28. The lowest BCUT2D eigenvalue weighted by Gasteiger charge is -2.11. The van der Waals surface area contributed by atoms with Crippen LogP contribution in [0.3, 0.4) is 0 Å². The van der Waals surface area contributed by atoms with Gasteiger partial charge in [0.05, 0.1) is 17.3 Å². The van der Waals surface area contributed by atoms with Gasteiger partial charge in [-0.3, -0.25) is 0 Å². The van der Waals surface area contributed by atoms with Gasteiger partial charge in [0.25, 0.3) is 0 Å². The van der Waals surface area contributed by atoms with Crippen LogP contribution in [0.25, 0.3) is 11.3 Å². The van der Waals surface area contributed by atoms with Crippen LogP contribution in [-0.4, -0.2) is 16.5 Å². The van der Waals surface area contributed by atoms with Crippen LogP contribution in [0.4, 0.5) is 17.5 Å². The molecule has 1 aromatic heterocycles. The average molecular weight is 357 g/mol. The third-order valence-electron chi connectivity index (χ3n) is 4.15. The molecule has 0 aliphatic rings. The molecule has 0 radical (unpaired) electrons. The van der Waals surface area contributed by atoms with Gasteiger partial charge < -0.3 is 10.6 Å². The van der Waals surface area contributed by atoms with Crippen molar-refractivity contribution in [1.29, 1.82) is 5.26 Å². The molecule has 0 bridgehead atoms. The lowest BCUT2D eigenvalue weighted by atomic mass is 10.1. The van der Waals surface area contributed by atoms with Crippen molar-refractivity contribution >= 4 is 17.5 Å².